The van der Waals surface area contributed by atoms with Crippen LogP contribution in [-0.4, -0.2) is 54.2 Å². The van der Waals surface area contributed by atoms with Crippen LogP contribution in [0.5, 0.6) is 0 Å². The van der Waals surface area contributed by atoms with Gasteiger partial charge in [0, 0.05) is 19.8 Å². The molecule has 0 aliphatic carbocycles. The Balaban J connectivity index is 0.000000222. The number of cyclic esters (lactones) is 1. The molecule has 214 valence electrons. The summed E-state index contributed by atoms with van der Waals surface area (Å²) in [5, 5.41) is 7.22. The summed E-state index contributed by atoms with van der Waals surface area (Å²) >= 11 is 0. The molecule has 3 N–H and O–H groups in total. The second kappa shape index (κ2) is 12.1. The van der Waals surface area contributed by atoms with Crippen molar-refractivity contribution in [1.29, 1.82) is 0 Å². The van der Waals surface area contributed by atoms with Crippen LogP contribution in [0.25, 0.3) is 0 Å². The molecule has 2 aliphatic heterocycles. The van der Waals surface area contributed by atoms with Crippen molar-refractivity contribution in [3.8, 4) is 0 Å². The van der Waals surface area contributed by atoms with Gasteiger partial charge in [-0.3, -0.25) is 0 Å². The highest BCUT2D eigenvalue weighted by Crippen LogP contribution is 2.35. The molecule has 0 spiro atoms. The number of hydrogen-bond acceptors (Lipinski definition) is 5. The number of nitrogens with one attached hydrogen (secondary N) is 3. The number of hydrogen-bond donors (Lipinski definition) is 3. The third kappa shape index (κ3) is 5.84. The second-order valence-electron chi connectivity index (χ2n) is 8.87. The quantitative estimate of drug-likeness (QED) is 0.450. The highest BCUT2D eigenvalue weighted by Gasteiger charge is 2.44. The van der Waals surface area contributed by atoms with Gasteiger partial charge in [-0.25, -0.2) is 46.5 Å². The van der Waals surface area contributed by atoms with E-state index in [2.05, 4.69) is 16.0 Å². The van der Waals surface area contributed by atoms with Crippen molar-refractivity contribution >= 4 is 24.2 Å². The summed E-state index contributed by atoms with van der Waals surface area (Å²) in [7, 11) is 2.75. The summed E-state index contributed by atoms with van der Waals surface area (Å²) in [5.74, 6) is -4.04. The molecule has 0 aromatic heterocycles. The van der Waals surface area contributed by atoms with Crippen LogP contribution < -0.4 is 16.0 Å². The molecule has 2 aliphatic rings. The number of carbonyl (C=O) groups excluding carboxylic acids is 4. The van der Waals surface area contributed by atoms with Gasteiger partial charge in [0.2, 0.25) is 0 Å². The van der Waals surface area contributed by atoms with Crippen LogP contribution in [0.15, 0.2) is 47.7 Å². The Hall–Kier alpha value is -4.62. The highest BCUT2D eigenvalue weighted by atomic mass is 19.2. The van der Waals surface area contributed by atoms with E-state index in [9.17, 15) is 36.7 Å². The minimum Gasteiger partial charge on any atom is -0.443 e. The predicted molar refractivity (Wildman–Crippen MR) is 134 cm³/mol. The van der Waals surface area contributed by atoms with Gasteiger partial charge in [-0.2, -0.15) is 0 Å². The van der Waals surface area contributed by atoms with E-state index in [1.807, 2.05) is 0 Å². The first kappa shape index (κ1) is 29.9. The second-order valence-corrected chi connectivity index (χ2v) is 8.87. The Labute approximate surface area is 226 Å². The number of allylic oxidation sites excluding steroid dienone is 1. The first-order valence-electron chi connectivity index (χ1n) is 11.9. The number of halogens is 4. The van der Waals surface area contributed by atoms with Crippen LogP contribution in [0, 0.1) is 23.3 Å². The van der Waals surface area contributed by atoms with Crippen LogP contribution in [0.2, 0.25) is 0 Å². The molecule has 40 heavy (non-hydrogen) atoms. The molecule has 0 radical (unpaired) electrons. The van der Waals surface area contributed by atoms with E-state index in [0.29, 0.717) is 22.4 Å². The Morgan fingerprint density at radius 3 is 1.85 bits per heavy atom. The number of amides is 7. The Morgan fingerprint density at radius 2 is 1.32 bits per heavy atom. The number of benzene rings is 2. The Bertz CT molecular complexity index is 1380. The van der Waals surface area contributed by atoms with Gasteiger partial charge in [-0.15, -0.1) is 0 Å². The fourth-order valence-electron chi connectivity index (χ4n) is 4.30. The smallest absolute Gasteiger partial charge is 0.419 e. The summed E-state index contributed by atoms with van der Waals surface area (Å²) in [6.07, 6.45) is -1.46. The molecule has 3 unspecified atom stereocenters. The molecule has 1 fully saturated rings. The van der Waals surface area contributed by atoms with E-state index in [1.165, 1.54) is 26.2 Å². The normalized spacial score (nSPS) is 20.4. The van der Waals surface area contributed by atoms with Crippen LogP contribution in [0.1, 0.15) is 44.0 Å². The first-order valence-corrected chi connectivity index (χ1v) is 11.9. The SMILES string of the molecule is CNC(=O)N1C(=O)NC(C)=C(C)C1c1ccc(F)c(F)c1.CNC(=O)N1C(=O)OC(C)C1c1ccc(F)c(F)c1. The van der Waals surface area contributed by atoms with E-state index >= 15 is 0 Å². The first-order chi connectivity index (χ1) is 18.8. The molecule has 1 saturated heterocycles. The van der Waals surface area contributed by atoms with Crippen molar-refractivity contribution in [3.63, 3.8) is 0 Å². The molecule has 2 aromatic carbocycles. The summed E-state index contributed by atoms with van der Waals surface area (Å²) < 4.78 is 57.6. The molecular formula is C26H27F4N5O5. The number of rotatable bonds is 2. The monoisotopic (exact) mass is 565 g/mol. The number of nitrogens with zero attached hydrogens (tertiary/aromatic N) is 2. The largest absolute Gasteiger partial charge is 0.443 e. The Morgan fingerprint density at radius 1 is 0.825 bits per heavy atom. The van der Waals surface area contributed by atoms with Gasteiger partial charge in [0.15, 0.2) is 23.3 Å². The van der Waals surface area contributed by atoms with Gasteiger partial charge < -0.3 is 20.7 Å². The maximum atomic E-state index is 13.5. The zero-order valence-electron chi connectivity index (χ0n) is 22.1. The Kier molecular flexibility index (Phi) is 9.02. The lowest BCUT2D eigenvalue weighted by Gasteiger charge is -2.35. The summed E-state index contributed by atoms with van der Waals surface area (Å²) in [5.41, 5.74) is 1.86. The average Bonchev–Trinajstić information content (AvgIpc) is 3.22. The number of imide groups is 2. The predicted octanol–water partition coefficient (Wildman–Crippen LogP) is 4.85. The van der Waals surface area contributed by atoms with E-state index < -0.39 is 65.6 Å². The van der Waals surface area contributed by atoms with E-state index in [4.69, 9.17) is 4.74 Å². The van der Waals surface area contributed by atoms with Gasteiger partial charge >= 0.3 is 24.2 Å². The maximum absolute atomic E-state index is 13.5. The number of carbonyl (C=O) groups is 4. The van der Waals surface area contributed by atoms with Crippen molar-refractivity contribution in [1.82, 2.24) is 25.8 Å². The third-order valence-electron chi connectivity index (χ3n) is 6.39. The summed E-state index contributed by atoms with van der Waals surface area (Å²) in [6.45, 7) is 4.98. The number of ether oxygens (including phenoxy) is 1. The maximum Gasteiger partial charge on any atom is 0.419 e. The van der Waals surface area contributed by atoms with Crippen LogP contribution in [0.3, 0.4) is 0 Å². The molecule has 0 saturated carbocycles. The lowest BCUT2D eigenvalue weighted by Crippen LogP contribution is -2.52. The molecular weight excluding hydrogens is 538 g/mol. The van der Waals surface area contributed by atoms with Gasteiger partial charge in [-0.05, 0) is 61.7 Å². The van der Waals surface area contributed by atoms with E-state index in [1.54, 1.807) is 20.8 Å². The van der Waals surface area contributed by atoms with Crippen molar-refractivity contribution in [2.45, 2.75) is 39.0 Å². The topological polar surface area (TPSA) is 120 Å². The molecule has 10 nitrogen and oxygen atoms in total. The molecule has 2 heterocycles. The fourth-order valence-corrected chi connectivity index (χ4v) is 4.30. The van der Waals surface area contributed by atoms with Gasteiger partial charge in [0.25, 0.3) is 0 Å². The fraction of sp³-hybridized carbons (Fsp3) is 0.308. The van der Waals surface area contributed by atoms with E-state index in [-0.39, 0.29) is 0 Å². The number of urea groups is 3. The standard InChI is InChI=1S/C14H15F2N3O2.C12H12F2N2O3/c1-7-8(2)18-14(21)19(13(20)17-3)12(7)9-4-5-10(15)11(16)6-9;1-6-10(7-3-4-8(13)9(14)5-7)16(11(17)15-2)12(18)19-6/h4-6,12H,1-3H3,(H,17,20)(H,18,21);3-6,10H,1-2H3,(H,15,17). The highest BCUT2D eigenvalue weighted by molar-refractivity contribution is 5.96. The third-order valence-corrected chi connectivity index (χ3v) is 6.39. The minimum atomic E-state index is -1.04. The average molecular weight is 566 g/mol. The van der Waals surface area contributed by atoms with Gasteiger partial charge in [0.05, 0.1) is 6.04 Å². The van der Waals surface area contributed by atoms with E-state index in [0.717, 1.165) is 34.1 Å². The van der Waals surface area contributed by atoms with Gasteiger partial charge in [-0.1, -0.05) is 12.1 Å². The van der Waals surface area contributed by atoms with Crippen LogP contribution in [-0.2, 0) is 4.74 Å². The summed E-state index contributed by atoms with van der Waals surface area (Å²) in [6, 6.07) is 3.05. The van der Waals surface area contributed by atoms with Crippen LogP contribution >= 0.6 is 0 Å². The lowest BCUT2D eigenvalue weighted by molar-refractivity contribution is 0.138. The summed E-state index contributed by atoms with van der Waals surface area (Å²) in [4.78, 5) is 49.0. The van der Waals surface area contributed by atoms with Crippen molar-refractivity contribution in [2.75, 3.05) is 14.1 Å². The minimum absolute atomic E-state index is 0.292. The van der Waals surface area contributed by atoms with Crippen molar-refractivity contribution in [2.24, 2.45) is 0 Å². The molecule has 3 atom stereocenters. The molecule has 0 bridgehead atoms. The molecule has 2 aromatic rings. The lowest BCUT2D eigenvalue weighted by atomic mass is 9.95. The van der Waals surface area contributed by atoms with Crippen LogP contribution in [0.4, 0.5) is 36.7 Å². The van der Waals surface area contributed by atoms with Crippen molar-refractivity contribution in [3.05, 3.63) is 82.1 Å². The van der Waals surface area contributed by atoms with Gasteiger partial charge in [0.1, 0.15) is 12.1 Å². The zero-order chi connectivity index (χ0) is 29.9. The van der Waals surface area contributed by atoms with Crippen molar-refractivity contribution < 1.29 is 41.5 Å². The zero-order valence-corrected chi connectivity index (χ0v) is 22.1. The molecule has 14 heteroatoms. The molecule has 4 rings (SSSR count). The molecule has 7 amide bonds.